The van der Waals surface area contributed by atoms with Gasteiger partial charge in [0.1, 0.15) is 11.5 Å². The summed E-state index contributed by atoms with van der Waals surface area (Å²) in [7, 11) is 1.59. The van der Waals surface area contributed by atoms with Gasteiger partial charge in [0.15, 0.2) is 0 Å². The van der Waals surface area contributed by atoms with Gasteiger partial charge in [-0.1, -0.05) is 11.6 Å². The molecule has 3 rings (SSSR count). The van der Waals surface area contributed by atoms with E-state index in [9.17, 15) is 9.59 Å². The highest BCUT2D eigenvalue weighted by atomic mass is 35.5. The molecule has 2 heterocycles. The van der Waals surface area contributed by atoms with Crippen LogP contribution in [0.5, 0.6) is 0 Å². The molecule has 7 heteroatoms. The second kappa shape index (κ2) is 7.91. The largest absolute Gasteiger partial charge is 0.457 e. The molecule has 5 nitrogen and oxygen atoms in total. The minimum absolute atomic E-state index is 0.267. The van der Waals surface area contributed by atoms with Crippen molar-refractivity contribution >= 4 is 40.6 Å². The van der Waals surface area contributed by atoms with Crippen molar-refractivity contribution in [2.75, 3.05) is 20.3 Å². The summed E-state index contributed by atoms with van der Waals surface area (Å²) in [4.78, 5) is 25.9. The van der Waals surface area contributed by atoms with Crippen molar-refractivity contribution in [1.82, 2.24) is 4.90 Å². The van der Waals surface area contributed by atoms with Crippen LogP contribution < -0.4 is 0 Å². The van der Waals surface area contributed by atoms with Crippen LogP contribution >= 0.6 is 23.4 Å². The Kier molecular flexibility index (Phi) is 5.63. The first-order chi connectivity index (χ1) is 12.1. The molecule has 0 unspecified atom stereocenters. The first-order valence-corrected chi connectivity index (χ1v) is 8.88. The second-order valence-electron chi connectivity index (χ2n) is 5.39. The lowest BCUT2D eigenvalue weighted by Gasteiger charge is -2.11. The number of halogens is 1. The standard InChI is InChI=1S/C18H16ClNO4S/c1-23-10-2-9-20-17(21)16(25-18(20)22)11-14-7-8-15(24-14)12-3-5-13(19)6-4-12/h3-8,11H,2,9-10H2,1H3/b16-11+. The van der Waals surface area contributed by atoms with Gasteiger partial charge in [-0.3, -0.25) is 14.5 Å². The Morgan fingerprint density at radius 3 is 2.68 bits per heavy atom. The van der Waals surface area contributed by atoms with Gasteiger partial charge in [-0.15, -0.1) is 0 Å². The molecule has 130 valence electrons. The molecule has 1 aliphatic heterocycles. The molecule has 25 heavy (non-hydrogen) atoms. The minimum atomic E-state index is -0.296. The van der Waals surface area contributed by atoms with E-state index in [4.69, 9.17) is 20.8 Å². The van der Waals surface area contributed by atoms with Crippen LogP contribution in [0.3, 0.4) is 0 Å². The molecule has 0 radical (unpaired) electrons. The summed E-state index contributed by atoms with van der Waals surface area (Å²) in [5.41, 5.74) is 0.886. The Morgan fingerprint density at radius 2 is 1.96 bits per heavy atom. The van der Waals surface area contributed by atoms with Gasteiger partial charge in [0.2, 0.25) is 0 Å². The van der Waals surface area contributed by atoms with Crippen LogP contribution in [0, 0.1) is 0 Å². The number of hydrogen-bond donors (Lipinski definition) is 0. The number of imide groups is 1. The van der Waals surface area contributed by atoms with Crippen molar-refractivity contribution in [3.05, 3.63) is 52.1 Å². The van der Waals surface area contributed by atoms with Crippen LogP contribution in [0.1, 0.15) is 12.2 Å². The fourth-order valence-electron chi connectivity index (χ4n) is 2.39. The third-order valence-corrected chi connectivity index (χ3v) is 4.79. The number of ether oxygens (including phenoxy) is 1. The first-order valence-electron chi connectivity index (χ1n) is 7.68. The molecule has 1 aromatic heterocycles. The van der Waals surface area contributed by atoms with Crippen molar-refractivity contribution in [2.24, 2.45) is 0 Å². The van der Waals surface area contributed by atoms with Gasteiger partial charge in [0.05, 0.1) is 4.91 Å². The van der Waals surface area contributed by atoms with E-state index in [1.54, 1.807) is 31.4 Å². The molecule has 2 aromatic rings. The lowest BCUT2D eigenvalue weighted by Crippen LogP contribution is -2.29. The van der Waals surface area contributed by atoms with Gasteiger partial charge >= 0.3 is 0 Å². The summed E-state index contributed by atoms with van der Waals surface area (Å²) in [5.74, 6) is 0.894. The van der Waals surface area contributed by atoms with Gasteiger partial charge in [0, 0.05) is 36.9 Å². The smallest absolute Gasteiger partial charge is 0.293 e. The van der Waals surface area contributed by atoms with Crippen molar-refractivity contribution in [1.29, 1.82) is 0 Å². The van der Waals surface area contributed by atoms with Crippen LogP contribution in [0.25, 0.3) is 17.4 Å². The van der Waals surface area contributed by atoms with Crippen molar-refractivity contribution < 1.29 is 18.7 Å². The summed E-state index contributed by atoms with van der Waals surface area (Å²) in [6.07, 6.45) is 2.21. The SMILES string of the molecule is COCCCN1C(=O)S/C(=C/c2ccc(-c3ccc(Cl)cc3)o2)C1=O. The van der Waals surface area contributed by atoms with E-state index in [0.29, 0.717) is 41.0 Å². The Balaban J connectivity index is 1.74. The molecule has 0 N–H and O–H groups in total. The van der Waals surface area contributed by atoms with Gasteiger partial charge < -0.3 is 9.15 Å². The molecule has 0 bridgehead atoms. The number of nitrogens with zero attached hydrogens (tertiary/aromatic N) is 1. The zero-order valence-corrected chi connectivity index (χ0v) is 15.1. The van der Waals surface area contributed by atoms with Crippen molar-refractivity contribution in [2.45, 2.75) is 6.42 Å². The number of methoxy groups -OCH3 is 1. The predicted octanol–water partition coefficient (Wildman–Crippen LogP) is 4.67. The molecular formula is C18H16ClNO4S. The van der Waals surface area contributed by atoms with Crippen LogP contribution in [0.4, 0.5) is 4.79 Å². The van der Waals surface area contributed by atoms with E-state index in [1.165, 1.54) is 4.90 Å². The van der Waals surface area contributed by atoms with E-state index in [2.05, 4.69) is 0 Å². The quantitative estimate of drug-likeness (QED) is 0.540. The maximum Gasteiger partial charge on any atom is 0.293 e. The van der Waals surface area contributed by atoms with Crippen LogP contribution in [-0.4, -0.2) is 36.3 Å². The van der Waals surface area contributed by atoms with Gasteiger partial charge in [-0.25, -0.2) is 0 Å². The molecule has 2 amide bonds. The molecule has 1 fully saturated rings. The average molecular weight is 378 g/mol. The highest BCUT2D eigenvalue weighted by Crippen LogP contribution is 2.33. The predicted molar refractivity (Wildman–Crippen MR) is 98.3 cm³/mol. The van der Waals surface area contributed by atoms with Crippen LogP contribution in [0.2, 0.25) is 5.02 Å². The second-order valence-corrected chi connectivity index (χ2v) is 6.82. The average Bonchev–Trinajstić information content (AvgIpc) is 3.16. The van der Waals surface area contributed by atoms with Crippen molar-refractivity contribution in [3.63, 3.8) is 0 Å². The fourth-order valence-corrected chi connectivity index (χ4v) is 3.36. The van der Waals surface area contributed by atoms with E-state index < -0.39 is 0 Å². The Labute approximate surface area is 154 Å². The van der Waals surface area contributed by atoms with E-state index in [0.717, 1.165) is 17.3 Å². The number of carbonyl (C=O) groups excluding carboxylic acids is 2. The lowest BCUT2D eigenvalue weighted by atomic mass is 10.2. The number of furan rings is 1. The third kappa shape index (κ3) is 4.15. The molecule has 0 atom stereocenters. The van der Waals surface area contributed by atoms with Gasteiger partial charge in [0.25, 0.3) is 11.1 Å². The highest BCUT2D eigenvalue weighted by molar-refractivity contribution is 8.18. The number of hydrogen-bond acceptors (Lipinski definition) is 5. The number of rotatable bonds is 6. The Morgan fingerprint density at radius 1 is 1.20 bits per heavy atom. The first kappa shape index (κ1) is 17.8. The zero-order valence-electron chi connectivity index (χ0n) is 13.5. The molecular weight excluding hydrogens is 362 g/mol. The number of thioether (sulfide) groups is 1. The van der Waals surface area contributed by atoms with Crippen LogP contribution in [-0.2, 0) is 9.53 Å². The normalized spacial score (nSPS) is 16.2. The topological polar surface area (TPSA) is 59.8 Å². The number of carbonyl (C=O) groups is 2. The summed E-state index contributed by atoms with van der Waals surface area (Å²) in [5, 5.41) is 0.384. The number of benzene rings is 1. The monoisotopic (exact) mass is 377 g/mol. The summed E-state index contributed by atoms with van der Waals surface area (Å²) >= 11 is 6.80. The molecule has 0 spiro atoms. The summed E-state index contributed by atoms with van der Waals surface area (Å²) in [6.45, 7) is 0.855. The van der Waals surface area contributed by atoms with Gasteiger partial charge in [-0.05, 0) is 54.6 Å². The van der Waals surface area contributed by atoms with Crippen LogP contribution in [0.15, 0.2) is 45.7 Å². The third-order valence-electron chi connectivity index (χ3n) is 3.63. The van der Waals surface area contributed by atoms with E-state index in [-0.39, 0.29) is 11.1 Å². The lowest BCUT2D eigenvalue weighted by molar-refractivity contribution is -0.122. The molecule has 0 saturated carbocycles. The van der Waals surface area contributed by atoms with E-state index in [1.807, 2.05) is 18.2 Å². The molecule has 1 aromatic carbocycles. The molecule has 0 aliphatic carbocycles. The molecule has 1 aliphatic rings. The van der Waals surface area contributed by atoms with E-state index >= 15 is 0 Å². The summed E-state index contributed by atoms with van der Waals surface area (Å²) in [6, 6.07) is 10.9. The fraction of sp³-hybridized carbons (Fsp3) is 0.222. The Bertz CT molecular complexity index is 813. The summed E-state index contributed by atoms with van der Waals surface area (Å²) < 4.78 is 10.7. The maximum absolute atomic E-state index is 12.3. The zero-order chi connectivity index (χ0) is 17.8. The Hall–Kier alpha value is -2.02. The minimum Gasteiger partial charge on any atom is -0.457 e. The van der Waals surface area contributed by atoms with Gasteiger partial charge in [-0.2, -0.15) is 0 Å². The molecule has 1 saturated heterocycles. The highest BCUT2D eigenvalue weighted by Gasteiger charge is 2.34. The number of amides is 2. The van der Waals surface area contributed by atoms with Crippen molar-refractivity contribution in [3.8, 4) is 11.3 Å². The maximum atomic E-state index is 12.3.